The maximum Gasteiger partial charge on any atom is 0.142 e. The number of benzene rings is 2. The van der Waals surface area contributed by atoms with Crippen LogP contribution in [0.5, 0.6) is 0 Å². The highest BCUT2D eigenvalue weighted by Crippen LogP contribution is 2.37. The molecule has 2 aromatic rings. The van der Waals surface area contributed by atoms with Crippen LogP contribution in [-0.2, 0) is 5.60 Å². The molecular formula is C14H9Cl2F3O. The van der Waals surface area contributed by atoms with E-state index in [2.05, 4.69) is 0 Å². The van der Waals surface area contributed by atoms with Crippen LogP contribution in [-0.4, -0.2) is 5.11 Å². The van der Waals surface area contributed by atoms with Gasteiger partial charge in [0.1, 0.15) is 23.1 Å². The molecular weight excluding hydrogens is 312 g/mol. The van der Waals surface area contributed by atoms with Crippen molar-refractivity contribution in [1.82, 2.24) is 0 Å². The molecule has 1 N–H and O–H groups in total. The Labute approximate surface area is 123 Å². The van der Waals surface area contributed by atoms with E-state index in [0.29, 0.717) is 6.07 Å². The van der Waals surface area contributed by atoms with Crippen LogP contribution < -0.4 is 0 Å². The average molecular weight is 321 g/mol. The molecule has 2 aromatic carbocycles. The van der Waals surface area contributed by atoms with Gasteiger partial charge in [0, 0.05) is 22.2 Å². The molecule has 0 bridgehead atoms. The van der Waals surface area contributed by atoms with Gasteiger partial charge < -0.3 is 5.11 Å². The number of hydrogen-bond donors (Lipinski definition) is 1. The Morgan fingerprint density at radius 1 is 0.900 bits per heavy atom. The first kappa shape index (κ1) is 15.2. The fraction of sp³-hybridized carbons (Fsp3) is 0.143. The smallest absolute Gasteiger partial charge is 0.142 e. The van der Waals surface area contributed by atoms with E-state index < -0.39 is 23.1 Å². The lowest BCUT2D eigenvalue weighted by atomic mass is 9.87. The van der Waals surface area contributed by atoms with Gasteiger partial charge in [-0.15, -0.1) is 0 Å². The first-order chi connectivity index (χ1) is 9.23. The van der Waals surface area contributed by atoms with E-state index in [1.807, 2.05) is 0 Å². The summed E-state index contributed by atoms with van der Waals surface area (Å²) in [6, 6.07) is 4.74. The lowest BCUT2D eigenvalue weighted by Gasteiger charge is -2.26. The molecule has 1 nitrogen and oxygen atoms in total. The van der Waals surface area contributed by atoms with Gasteiger partial charge in [-0.3, -0.25) is 0 Å². The second-order valence-electron chi connectivity index (χ2n) is 4.44. The maximum absolute atomic E-state index is 13.8. The van der Waals surface area contributed by atoms with E-state index in [0.717, 1.165) is 24.3 Å². The summed E-state index contributed by atoms with van der Waals surface area (Å²) in [5.41, 5.74) is -2.21. The van der Waals surface area contributed by atoms with Gasteiger partial charge in [0.15, 0.2) is 0 Å². The Morgan fingerprint density at radius 3 is 2.15 bits per heavy atom. The molecule has 0 saturated heterocycles. The third-order valence-corrected chi connectivity index (χ3v) is 3.59. The normalized spacial score (nSPS) is 14.2. The van der Waals surface area contributed by atoms with Crippen LogP contribution in [0.2, 0.25) is 10.0 Å². The van der Waals surface area contributed by atoms with Crippen molar-refractivity contribution >= 4 is 23.2 Å². The van der Waals surface area contributed by atoms with Gasteiger partial charge in [0.25, 0.3) is 0 Å². The average Bonchev–Trinajstić information content (AvgIpc) is 2.33. The summed E-state index contributed by atoms with van der Waals surface area (Å²) < 4.78 is 40.2. The molecule has 106 valence electrons. The number of aliphatic hydroxyl groups is 1. The second-order valence-corrected chi connectivity index (χ2v) is 5.26. The Morgan fingerprint density at radius 2 is 1.55 bits per heavy atom. The number of hydrogen-bond acceptors (Lipinski definition) is 1. The molecule has 6 heteroatoms. The number of rotatable bonds is 2. The summed E-state index contributed by atoms with van der Waals surface area (Å²) in [5.74, 6) is -2.54. The van der Waals surface area contributed by atoms with Gasteiger partial charge in [-0.1, -0.05) is 23.2 Å². The standard InChI is InChI=1S/C14H9Cl2F3O/c1-14(20,8-3-2-7(17)4-12(8)18)9-5-13(19)11(16)6-10(9)15/h2-6,20H,1H3. The molecule has 20 heavy (non-hydrogen) atoms. The molecule has 1 unspecified atom stereocenters. The largest absolute Gasteiger partial charge is 0.381 e. The van der Waals surface area contributed by atoms with Crippen LogP contribution in [0.25, 0.3) is 0 Å². The minimum atomic E-state index is -1.93. The zero-order valence-corrected chi connectivity index (χ0v) is 11.7. The molecule has 0 radical (unpaired) electrons. The minimum absolute atomic E-state index is 0.0230. The van der Waals surface area contributed by atoms with Gasteiger partial charge in [-0.2, -0.15) is 0 Å². The molecule has 0 aliphatic carbocycles. The molecule has 0 spiro atoms. The van der Waals surface area contributed by atoms with Gasteiger partial charge in [-0.05, 0) is 31.2 Å². The zero-order chi connectivity index (χ0) is 15.1. The predicted molar refractivity (Wildman–Crippen MR) is 71.5 cm³/mol. The minimum Gasteiger partial charge on any atom is -0.381 e. The maximum atomic E-state index is 13.8. The fourth-order valence-corrected chi connectivity index (χ4v) is 2.49. The van der Waals surface area contributed by atoms with Crippen LogP contribution in [0.1, 0.15) is 18.1 Å². The van der Waals surface area contributed by atoms with Gasteiger partial charge in [0.05, 0.1) is 5.02 Å². The first-order valence-electron chi connectivity index (χ1n) is 5.56. The van der Waals surface area contributed by atoms with Crippen LogP contribution >= 0.6 is 23.2 Å². The summed E-state index contributed by atoms with van der Waals surface area (Å²) in [5, 5.41) is 10.2. The highest BCUT2D eigenvalue weighted by molar-refractivity contribution is 6.35. The molecule has 0 fully saturated rings. The van der Waals surface area contributed by atoms with Crippen molar-refractivity contribution < 1.29 is 18.3 Å². The third kappa shape index (κ3) is 2.64. The summed E-state index contributed by atoms with van der Waals surface area (Å²) in [4.78, 5) is 0. The van der Waals surface area contributed by atoms with Crippen molar-refractivity contribution in [3.05, 3.63) is 69.0 Å². The van der Waals surface area contributed by atoms with E-state index in [4.69, 9.17) is 23.2 Å². The van der Waals surface area contributed by atoms with Crippen molar-refractivity contribution in [2.75, 3.05) is 0 Å². The zero-order valence-electron chi connectivity index (χ0n) is 10.2. The molecule has 0 aliphatic heterocycles. The van der Waals surface area contributed by atoms with E-state index in [-0.39, 0.29) is 21.2 Å². The lowest BCUT2D eigenvalue weighted by molar-refractivity contribution is 0.0975. The van der Waals surface area contributed by atoms with Crippen LogP contribution in [0, 0.1) is 17.5 Å². The Kier molecular flexibility index (Phi) is 4.00. The molecule has 0 saturated carbocycles. The topological polar surface area (TPSA) is 20.2 Å². The molecule has 0 aromatic heterocycles. The summed E-state index contributed by atoms with van der Waals surface area (Å²) in [6.45, 7) is 1.23. The van der Waals surface area contributed by atoms with E-state index in [1.165, 1.54) is 6.92 Å². The lowest BCUT2D eigenvalue weighted by Crippen LogP contribution is -2.25. The van der Waals surface area contributed by atoms with Crippen molar-refractivity contribution in [3.8, 4) is 0 Å². The summed E-state index contributed by atoms with van der Waals surface area (Å²) >= 11 is 11.5. The molecule has 0 heterocycles. The highest BCUT2D eigenvalue weighted by atomic mass is 35.5. The van der Waals surface area contributed by atoms with Gasteiger partial charge in [0.2, 0.25) is 0 Å². The van der Waals surface area contributed by atoms with Crippen molar-refractivity contribution in [3.63, 3.8) is 0 Å². The highest BCUT2D eigenvalue weighted by Gasteiger charge is 2.32. The fourth-order valence-electron chi connectivity index (χ4n) is 1.92. The van der Waals surface area contributed by atoms with E-state index in [1.54, 1.807) is 0 Å². The van der Waals surface area contributed by atoms with Crippen molar-refractivity contribution in [2.45, 2.75) is 12.5 Å². The summed E-state index contributed by atoms with van der Waals surface area (Å²) in [6.07, 6.45) is 0. The molecule has 1 atom stereocenters. The molecule has 2 rings (SSSR count). The Bertz CT molecular complexity index is 672. The Hall–Kier alpha value is -1.23. The van der Waals surface area contributed by atoms with Crippen molar-refractivity contribution in [1.29, 1.82) is 0 Å². The molecule has 0 aliphatic rings. The quantitative estimate of drug-likeness (QED) is 0.797. The summed E-state index contributed by atoms with van der Waals surface area (Å²) in [7, 11) is 0. The second kappa shape index (κ2) is 5.28. The van der Waals surface area contributed by atoms with E-state index in [9.17, 15) is 18.3 Å². The Balaban J connectivity index is 2.63. The van der Waals surface area contributed by atoms with Crippen molar-refractivity contribution in [2.24, 2.45) is 0 Å². The molecule has 0 amide bonds. The van der Waals surface area contributed by atoms with Gasteiger partial charge in [-0.25, -0.2) is 13.2 Å². The first-order valence-corrected chi connectivity index (χ1v) is 6.32. The SMILES string of the molecule is CC(O)(c1ccc(F)cc1F)c1cc(F)c(Cl)cc1Cl. The van der Waals surface area contributed by atoms with E-state index >= 15 is 0 Å². The van der Waals surface area contributed by atoms with Crippen LogP contribution in [0.3, 0.4) is 0 Å². The predicted octanol–water partition coefficient (Wildman–Crippen LogP) is 4.67. The van der Waals surface area contributed by atoms with Gasteiger partial charge >= 0.3 is 0 Å². The monoisotopic (exact) mass is 320 g/mol. The third-order valence-electron chi connectivity index (χ3n) is 2.99. The van der Waals surface area contributed by atoms with Crippen LogP contribution in [0.15, 0.2) is 30.3 Å². The number of halogens is 5. The van der Waals surface area contributed by atoms with Crippen LogP contribution in [0.4, 0.5) is 13.2 Å².